The number of rotatable bonds is 4. The average Bonchev–Trinajstić information content (AvgIpc) is 3.34. The molecule has 1 N–H and O–H groups in total. The van der Waals surface area contributed by atoms with E-state index in [1.54, 1.807) is 12.1 Å². The van der Waals surface area contributed by atoms with Crippen molar-refractivity contribution < 1.29 is 13.2 Å². The summed E-state index contributed by atoms with van der Waals surface area (Å²) in [5, 5.41) is 5.03. The number of hydrogen-bond donors (Lipinski definition) is 1. The highest BCUT2D eigenvalue weighted by Crippen LogP contribution is 2.30. The molecule has 1 fully saturated rings. The van der Waals surface area contributed by atoms with E-state index in [0.717, 1.165) is 17.4 Å². The standard InChI is InChI=1S/C15H15N5O3S3/c1-9-8-24-15(16-9)17-14(21)11-5-3-7-20(11)26(22,23)12-6-2-4-10-13(12)19-25-18-10/h2,4,6,8,11H,3,5,7H2,1H3,(H,16,17,21)/t11-/m0/s1. The second-order valence-electron chi connectivity index (χ2n) is 5.95. The second-order valence-corrected chi connectivity index (χ2v) is 9.19. The Balaban J connectivity index is 1.65. The van der Waals surface area contributed by atoms with Gasteiger partial charge in [0.05, 0.1) is 17.4 Å². The second kappa shape index (κ2) is 6.65. The van der Waals surface area contributed by atoms with E-state index in [4.69, 9.17) is 0 Å². The van der Waals surface area contributed by atoms with Gasteiger partial charge in [0, 0.05) is 11.9 Å². The third kappa shape index (κ3) is 3.00. The van der Waals surface area contributed by atoms with E-state index in [-0.39, 0.29) is 10.8 Å². The van der Waals surface area contributed by atoms with Crippen molar-refractivity contribution in [3.05, 3.63) is 29.3 Å². The third-order valence-electron chi connectivity index (χ3n) is 4.19. The number of carbonyl (C=O) groups excluding carboxylic acids is 1. The van der Waals surface area contributed by atoms with Gasteiger partial charge in [-0.3, -0.25) is 4.79 Å². The summed E-state index contributed by atoms with van der Waals surface area (Å²) < 4.78 is 35.8. The van der Waals surface area contributed by atoms with E-state index >= 15 is 0 Å². The topological polar surface area (TPSA) is 105 Å². The van der Waals surface area contributed by atoms with Gasteiger partial charge in [-0.1, -0.05) is 6.07 Å². The van der Waals surface area contributed by atoms with Crippen LogP contribution in [0.15, 0.2) is 28.5 Å². The minimum Gasteiger partial charge on any atom is -0.301 e. The predicted molar refractivity (Wildman–Crippen MR) is 99.8 cm³/mol. The van der Waals surface area contributed by atoms with Gasteiger partial charge in [-0.15, -0.1) is 11.3 Å². The monoisotopic (exact) mass is 409 g/mol. The number of benzene rings is 1. The first kappa shape index (κ1) is 17.5. The van der Waals surface area contributed by atoms with Gasteiger partial charge >= 0.3 is 0 Å². The number of nitrogens with one attached hydrogen (secondary N) is 1. The van der Waals surface area contributed by atoms with Crippen molar-refractivity contribution in [2.24, 2.45) is 0 Å². The Hall–Kier alpha value is -1.95. The van der Waals surface area contributed by atoms with Crippen molar-refractivity contribution in [2.45, 2.75) is 30.7 Å². The molecule has 1 atom stereocenters. The number of carbonyl (C=O) groups is 1. The highest BCUT2D eigenvalue weighted by Gasteiger charge is 2.40. The molecular formula is C15H15N5O3S3. The molecule has 8 nitrogen and oxygen atoms in total. The van der Waals surface area contributed by atoms with E-state index < -0.39 is 16.1 Å². The van der Waals surface area contributed by atoms with Crippen molar-refractivity contribution >= 4 is 55.2 Å². The fraction of sp³-hybridized carbons (Fsp3) is 0.333. The number of thiazole rings is 1. The zero-order valence-corrected chi connectivity index (χ0v) is 16.2. The molecular weight excluding hydrogens is 394 g/mol. The molecule has 136 valence electrons. The average molecular weight is 410 g/mol. The molecule has 1 aliphatic rings. The van der Waals surface area contributed by atoms with Gasteiger partial charge in [-0.05, 0) is 31.9 Å². The molecule has 1 saturated heterocycles. The van der Waals surface area contributed by atoms with Crippen molar-refractivity contribution in [1.82, 2.24) is 18.0 Å². The molecule has 0 unspecified atom stereocenters. The number of fused-ring (bicyclic) bond motifs is 1. The Morgan fingerprint density at radius 3 is 2.96 bits per heavy atom. The molecule has 2 aromatic heterocycles. The first-order valence-electron chi connectivity index (χ1n) is 7.93. The van der Waals surface area contributed by atoms with E-state index in [1.807, 2.05) is 12.3 Å². The van der Waals surface area contributed by atoms with E-state index in [0.29, 0.717) is 35.6 Å². The molecule has 1 aliphatic heterocycles. The summed E-state index contributed by atoms with van der Waals surface area (Å²) in [5.41, 5.74) is 1.69. The largest absolute Gasteiger partial charge is 0.301 e. The van der Waals surface area contributed by atoms with Crippen molar-refractivity contribution in [3.63, 3.8) is 0 Å². The Morgan fingerprint density at radius 1 is 1.35 bits per heavy atom. The molecule has 11 heteroatoms. The SMILES string of the molecule is Cc1csc(NC(=O)[C@@H]2CCCN2S(=O)(=O)c2cccc3nsnc23)n1. The third-order valence-corrected chi connectivity index (χ3v) is 7.55. The molecule has 0 spiro atoms. The van der Waals surface area contributed by atoms with Gasteiger partial charge < -0.3 is 5.32 Å². The van der Waals surface area contributed by atoms with Gasteiger partial charge in [-0.25, -0.2) is 13.4 Å². The molecule has 0 bridgehead atoms. The number of aromatic nitrogens is 3. The Morgan fingerprint density at radius 2 is 2.19 bits per heavy atom. The lowest BCUT2D eigenvalue weighted by Gasteiger charge is -2.23. The minimum atomic E-state index is -3.86. The smallest absolute Gasteiger partial charge is 0.246 e. The normalized spacial score (nSPS) is 18.4. The molecule has 0 radical (unpaired) electrons. The van der Waals surface area contributed by atoms with Crippen LogP contribution in [-0.2, 0) is 14.8 Å². The summed E-state index contributed by atoms with van der Waals surface area (Å²) in [5.74, 6) is -0.357. The van der Waals surface area contributed by atoms with Crippen molar-refractivity contribution in [1.29, 1.82) is 0 Å². The first-order chi connectivity index (χ1) is 12.5. The number of aryl methyl sites for hydroxylation is 1. The molecule has 3 heterocycles. The van der Waals surface area contributed by atoms with Crippen molar-refractivity contribution in [2.75, 3.05) is 11.9 Å². The van der Waals surface area contributed by atoms with Gasteiger partial charge in [0.25, 0.3) is 0 Å². The summed E-state index contributed by atoms with van der Waals surface area (Å²) >= 11 is 2.28. The van der Waals surface area contributed by atoms with Crippen LogP contribution in [0, 0.1) is 6.92 Å². The van der Waals surface area contributed by atoms with Crippen LogP contribution >= 0.6 is 23.1 Å². The van der Waals surface area contributed by atoms with Gasteiger partial charge in [0.2, 0.25) is 15.9 Å². The van der Waals surface area contributed by atoms with Crippen LogP contribution in [0.2, 0.25) is 0 Å². The molecule has 0 saturated carbocycles. The molecule has 1 amide bonds. The van der Waals surface area contributed by atoms with Gasteiger partial charge in [0.15, 0.2) is 5.13 Å². The highest BCUT2D eigenvalue weighted by molar-refractivity contribution is 7.89. The number of sulfonamides is 1. The minimum absolute atomic E-state index is 0.0912. The van der Waals surface area contributed by atoms with E-state index in [2.05, 4.69) is 19.0 Å². The maximum atomic E-state index is 13.2. The zero-order valence-electron chi connectivity index (χ0n) is 13.7. The number of amides is 1. The Kier molecular flexibility index (Phi) is 4.47. The lowest BCUT2D eigenvalue weighted by Crippen LogP contribution is -2.43. The lowest BCUT2D eigenvalue weighted by atomic mass is 10.2. The summed E-state index contributed by atoms with van der Waals surface area (Å²) in [6, 6.07) is 4.11. The van der Waals surface area contributed by atoms with Crippen LogP contribution in [0.4, 0.5) is 5.13 Å². The first-order valence-corrected chi connectivity index (χ1v) is 11.0. The summed E-state index contributed by atoms with van der Waals surface area (Å²) in [7, 11) is -3.86. The maximum absolute atomic E-state index is 13.2. The van der Waals surface area contributed by atoms with Gasteiger partial charge in [-0.2, -0.15) is 13.1 Å². The predicted octanol–water partition coefficient (Wildman–Crippen LogP) is 2.25. The summed E-state index contributed by atoms with van der Waals surface area (Å²) in [6.45, 7) is 2.13. The molecule has 26 heavy (non-hydrogen) atoms. The molecule has 1 aromatic carbocycles. The van der Waals surface area contributed by atoms with Gasteiger partial charge in [0.1, 0.15) is 22.0 Å². The van der Waals surface area contributed by atoms with Crippen LogP contribution in [0.3, 0.4) is 0 Å². The van der Waals surface area contributed by atoms with Crippen molar-refractivity contribution in [3.8, 4) is 0 Å². The van der Waals surface area contributed by atoms with Crippen LogP contribution in [0.1, 0.15) is 18.5 Å². The van der Waals surface area contributed by atoms with E-state index in [9.17, 15) is 13.2 Å². The maximum Gasteiger partial charge on any atom is 0.246 e. The van der Waals surface area contributed by atoms with Crippen LogP contribution in [-0.4, -0.2) is 44.9 Å². The fourth-order valence-electron chi connectivity index (χ4n) is 3.01. The Bertz CT molecular complexity index is 1080. The summed E-state index contributed by atoms with van der Waals surface area (Å²) in [4.78, 5) is 16.9. The molecule has 3 aromatic rings. The number of hydrogen-bond acceptors (Lipinski definition) is 8. The van der Waals surface area contributed by atoms with Crippen LogP contribution in [0.5, 0.6) is 0 Å². The molecule has 4 rings (SSSR count). The van der Waals surface area contributed by atoms with Crippen LogP contribution in [0.25, 0.3) is 11.0 Å². The Labute approximate surface area is 158 Å². The van der Waals surface area contributed by atoms with E-state index in [1.165, 1.54) is 21.7 Å². The highest BCUT2D eigenvalue weighted by atomic mass is 32.2. The molecule has 0 aliphatic carbocycles. The lowest BCUT2D eigenvalue weighted by molar-refractivity contribution is -0.119. The van der Waals surface area contributed by atoms with Crippen LogP contribution < -0.4 is 5.32 Å². The number of nitrogens with zero attached hydrogens (tertiary/aromatic N) is 4. The zero-order chi connectivity index (χ0) is 18.3. The fourth-order valence-corrected chi connectivity index (χ4v) is 6.11. The quantitative estimate of drug-likeness (QED) is 0.708. The number of anilines is 1. The summed E-state index contributed by atoms with van der Waals surface area (Å²) in [6.07, 6.45) is 1.10.